The third-order valence-electron chi connectivity index (χ3n) is 3.51. The van der Waals surface area contributed by atoms with Gasteiger partial charge in [-0.2, -0.15) is 0 Å². The molecule has 4 atom stereocenters. The normalized spacial score (nSPS) is 27.6. The fourth-order valence-corrected chi connectivity index (χ4v) is 2.42. The molecule has 2 aromatic rings. The summed E-state index contributed by atoms with van der Waals surface area (Å²) in [7, 11) is 0. The fourth-order valence-electron chi connectivity index (χ4n) is 2.42. The van der Waals surface area contributed by atoms with E-state index in [-0.39, 0.29) is 12.4 Å². The second kappa shape index (κ2) is 6.04. The van der Waals surface area contributed by atoms with Crippen LogP contribution in [0.3, 0.4) is 0 Å². The molecule has 0 saturated carbocycles. The van der Waals surface area contributed by atoms with Crippen LogP contribution in [0.5, 0.6) is 0 Å². The number of ether oxygens (including phenoxy) is 2. The van der Waals surface area contributed by atoms with Gasteiger partial charge in [0.1, 0.15) is 36.8 Å². The Labute approximate surface area is 129 Å². The standard InChI is InChI=1S/C12H15N5O6/c13-10-7-11(15-3-14-10)17(4-16-7)12-9(21)8(20)5(23-12)1-22-2-6(18)19/h3-5,8-9,12,20-21H,1-2H2,(H,18,19)(H2,13,14,15)/t5-,8-,9-,12-/m1/s1. The largest absolute Gasteiger partial charge is 0.480 e. The van der Waals surface area contributed by atoms with Gasteiger partial charge in [0.05, 0.1) is 12.9 Å². The van der Waals surface area contributed by atoms with Crippen LogP contribution in [0.1, 0.15) is 6.23 Å². The second-order valence-corrected chi connectivity index (χ2v) is 5.04. The summed E-state index contributed by atoms with van der Waals surface area (Å²) in [6.45, 7) is -0.699. The molecular formula is C12H15N5O6. The number of fused-ring (bicyclic) bond motifs is 1. The highest BCUT2D eigenvalue weighted by molar-refractivity contribution is 5.81. The first-order valence-corrected chi connectivity index (χ1v) is 6.73. The van der Waals surface area contributed by atoms with Crippen molar-refractivity contribution in [3.05, 3.63) is 12.7 Å². The number of aromatic nitrogens is 4. The Kier molecular flexibility index (Phi) is 4.09. The topological polar surface area (TPSA) is 166 Å². The molecule has 1 aliphatic heterocycles. The van der Waals surface area contributed by atoms with E-state index in [9.17, 15) is 15.0 Å². The zero-order valence-corrected chi connectivity index (χ0v) is 11.8. The van der Waals surface area contributed by atoms with Crippen LogP contribution in [-0.4, -0.2) is 72.3 Å². The first kappa shape index (κ1) is 15.6. The lowest BCUT2D eigenvalue weighted by atomic mass is 10.1. The highest BCUT2D eigenvalue weighted by Crippen LogP contribution is 2.31. The minimum atomic E-state index is -1.26. The van der Waals surface area contributed by atoms with Gasteiger partial charge in [-0.15, -0.1) is 0 Å². The Morgan fingerprint density at radius 1 is 1.35 bits per heavy atom. The molecule has 0 aliphatic carbocycles. The number of aliphatic hydroxyl groups is 2. The fraction of sp³-hybridized carbons (Fsp3) is 0.500. The number of nitrogens with zero attached hydrogens (tertiary/aromatic N) is 4. The molecule has 23 heavy (non-hydrogen) atoms. The van der Waals surface area contributed by atoms with Gasteiger partial charge in [0, 0.05) is 0 Å². The molecule has 1 fully saturated rings. The van der Waals surface area contributed by atoms with Gasteiger partial charge in [0.15, 0.2) is 17.7 Å². The average Bonchev–Trinajstić information content (AvgIpc) is 3.04. The first-order valence-electron chi connectivity index (χ1n) is 6.73. The van der Waals surface area contributed by atoms with Crippen LogP contribution in [0.2, 0.25) is 0 Å². The second-order valence-electron chi connectivity index (χ2n) is 5.04. The van der Waals surface area contributed by atoms with E-state index in [2.05, 4.69) is 15.0 Å². The Balaban J connectivity index is 1.80. The van der Waals surface area contributed by atoms with Crippen LogP contribution >= 0.6 is 0 Å². The molecule has 11 nitrogen and oxygen atoms in total. The van der Waals surface area contributed by atoms with Crippen LogP contribution in [0.4, 0.5) is 5.82 Å². The van der Waals surface area contributed by atoms with Crippen molar-refractivity contribution >= 4 is 23.0 Å². The molecule has 0 spiro atoms. The van der Waals surface area contributed by atoms with Crippen molar-refractivity contribution in [1.29, 1.82) is 0 Å². The van der Waals surface area contributed by atoms with Gasteiger partial charge >= 0.3 is 5.97 Å². The van der Waals surface area contributed by atoms with E-state index in [0.29, 0.717) is 11.2 Å². The number of hydrogen-bond donors (Lipinski definition) is 4. The summed E-state index contributed by atoms with van der Waals surface area (Å²) in [6.07, 6.45) is -1.72. The Morgan fingerprint density at radius 2 is 2.13 bits per heavy atom. The number of nitrogen functional groups attached to an aromatic ring is 1. The predicted octanol–water partition coefficient (Wildman–Crippen LogP) is -1.87. The van der Waals surface area contributed by atoms with Crippen LogP contribution in [-0.2, 0) is 14.3 Å². The number of rotatable bonds is 5. The maximum Gasteiger partial charge on any atom is 0.329 e. The quantitative estimate of drug-likeness (QED) is 0.489. The van der Waals surface area contributed by atoms with Crippen molar-refractivity contribution < 1.29 is 29.6 Å². The highest BCUT2D eigenvalue weighted by atomic mass is 16.6. The summed E-state index contributed by atoms with van der Waals surface area (Å²) >= 11 is 0. The molecular weight excluding hydrogens is 310 g/mol. The lowest BCUT2D eigenvalue weighted by Crippen LogP contribution is -2.34. The van der Waals surface area contributed by atoms with Crippen molar-refractivity contribution in [2.45, 2.75) is 24.5 Å². The lowest BCUT2D eigenvalue weighted by Gasteiger charge is -2.16. The molecule has 0 radical (unpaired) electrons. The summed E-state index contributed by atoms with van der Waals surface area (Å²) in [6, 6.07) is 0. The van der Waals surface area contributed by atoms with E-state index in [4.69, 9.17) is 20.3 Å². The zero-order chi connectivity index (χ0) is 16.6. The molecule has 1 aliphatic rings. The molecule has 5 N–H and O–H groups in total. The SMILES string of the molecule is Nc1ncnc2c1ncn2[C@@H]1O[C@H](COCC(=O)O)[C@@H](O)[C@H]1O. The molecule has 0 amide bonds. The van der Waals surface area contributed by atoms with Crippen molar-refractivity contribution in [1.82, 2.24) is 19.5 Å². The zero-order valence-electron chi connectivity index (χ0n) is 11.8. The first-order chi connectivity index (χ1) is 11.0. The van der Waals surface area contributed by atoms with Gasteiger partial charge in [0.2, 0.25) is 0 Å². The summed E-state index contributed by atoms with van der Waals surface area (Å²) in [5, 5.41) is 28.7. The number of hydrogen-bond acceptors (Lipinski definition) is 9. The van der Waals surface area contributed by atoms with Crippen molar-refractivity contribution in [3.8, 4) is 0 Å². The van der Waals surface area contributed by atoms with Crippen LogP contribution in [0.25, 0.3) is 11.2 Å². The van der Waals surface area contributed by atoms with Gasteiger partial charge in [-0.25, -0.2) is 19.7 Å². The number of carboxylic acid groups (broad SMARTS) is 1. The number of carbonyl (C=O) groups is 1. The molecule has 0 aromatic carbocycles. The maximum atomic E-state index is 10.4. The molecule has 0 unspecified atom stereocenters. The number of nitrogens with two attached hydrogens (primary N) is 1. The van der Waals surface area contributed by atoms with Crippen molar-refractivity contribution in [2.24, 2.45) is 0 Å². The molecule has 11 heteroatoms. The van der Waals surface area contributed by atoms with E-state index >= 15 is 0 Å². The number of carboxylic acids is 1. The number of aliphatic carboxylic acids is 1. The minimum Gasteiger partial charge on any atom is -0.480 e. The van der Waals surface area contributed by atoms with Crippen molar-refractivity contribution in [3.63, 3.8) is 0 Å². The van der Waals surface area contributed by atoms with Gasteiger partial charge in [0.25, 0.3) is 0 Å². The monoisotopic (exact) mass is 325 g/mol. The number of imidazole rings is 1. The lowest BCUT2D eigenvalue weighted by molar-refractivity contribution is -0.144. The summed E-state index contributed by atoms with van der Waals surface area (Å²) < 4.78 is 11.9. The van der Waals surface area contributed by atoms with Gasteiger partial charge < -0.3 is 30.5 Å². The average molecular weight is 325 g/mol. The van der Waals surface area contributed by atoms with Crippen molar-refractivity contribution in [2.75, 3.05) is 18.9 Å². The Hall–Kier alpha value is -2.34. The van der Waals surface area contributed by atoms with Gasteiger partial charge in [-0.05, 0) is 0 Å². The van der Waals surface area contributed by atoms with E-state index in [1.807, 2.05) is 0 Å². The van der Waals surface area contributed by atoms with E-state index in [1.54, 1.807) is 0 Å². The number of aliphatic hydroxyl groups excluding tert-OH is 2. The smallest absolute Gasteiger partial charge is 0.329 e. The van der Waals surface area contributed by atoms with Crippen LogP contribution < -0.4 is 5.73 Å². The van der Waals surface area contributed by atoms with Crippen LogP contribution in [0.15, 0.2) is 12.7 Å². The Morgan fingerprint density at radius 3 is 2.87 bits per heavy atom. The van der Waals surface area contributed by atoms with E-state index in [0.717, 1.165) is 0 Å². The predicted molar refractivity (Wildman–Crippen MR) is 74.1 cm³/mol. The summed E-state index contributed by atoms with van der Waals surface area (Å²) in [5.74, 6) is -0.953. The third-order valence-corrected chi connectivity index (χ3v) is 3.51. The minimum absolute atomic E-state index is 0.176. The molecule has 1 saturated heterocycles. The van der Waals surface area contributed by atoms with Gasteiger partial charge in [-0.1, -0.05) is 0 Å². The molecule has 2 aromatic heterocycles. The maximum absolute atomic E-state index is 10.4. The Bertz CT molecular complexity index is 721. The van der Waals surface area contributed by atoms with E-state index < -0.39 is 37.1 Å². The summed E-state index contributed by atoms with van der Waals surface area (Å²) in [5.41, 5.74) is 6.39. The van der Waals surface area contributed by atoms with E-state index in [1.165, 1.54) is 17.2 Å². The third kappa shape index (κ3) is 2.82. The van der Waals surface area contributed by atoms with Gasteiger partial charge in [-0.3, -0.25) is 4.57 Å². The molecule has 0 bridgehead atoms. The molecule has 124 valence electrons. The highest BCUT2D eigenvalue weighted by Gasteiger charge is 2.44. The molecule has 3 rings (SSSR count). The summed E-state index contributed by atoms with van der Waals surface area (Å²) in [4.78, 5) is 22.4. The number of anilines is 1. The van der Waals surface area contributed by atoms with Crippen LogP contribution in [0, 0.1) is 0 Å². The molecule has 3 heterocycles.